The second-order valence-corrected chi connectivity index (χ2v) is 7.21. The first kappa shape index (κ1) is 22.7. The lowest BCUT2D eigenvalue weighted by molar-refractivity contribution is -0.137. The summed E-state index contributed by atoms with van der Waals surface area (Å²) in [5.74, 6) is -2.69. The Morgan fingerprint density at radius 2 is 1.69 bits per heavy atom. The number of carboxylic acids is 1. The largest absolute Gasteiger partial charge is 0.481 e. The number of aromatic nitrogens is 1. The van der Waals surface area contributed by atoms with Gasteiger partial charge in [0.05, 0.1) is 19.0 Å². The summed E-state index contributed by atoms with van der Waals surface area (Å²) in [4.78, 5) is 36.4. The fourth-order valence-corrected chi connectivity index (χ4v) is 3.15. The third-order valence-electron chi connectivity index (χ3n) is 4.82. The van der Waals surface area contributed by atoms with Crippen LogP contribution in [0.2, 0.25) is 0 Å². The molecule has 32 heavy (non-hydrogen) atoms. The van der Waals surface area contributed by atoms with E-state index in [-0.39, 0.29) is 24.2 Å². The van der Waals surface area contributed by atoms with Crippen molar-refractivity contribution in [3.8, 4) is 0 Å². The molecule has 0 spiro atoms. The zero-order chi connectivity index (χ0) is 23.3. The summed E-state index contributed by atoms with van der Waals surface area (Å²) in [5.41, 5.74) is 0.490. The van der Waals surface area contributed by atoms with Crippen LogP contribution in [-0.4, -0.2) is 21.7 Å². The van der Waals surface area contributed by atoms with Crippen LogP contribution in [0.1, 0.15) is 29.2 Å². The molecule has 0 aliphatic rings. The van der Waals surface area contributed by atoms with Gasteiger partial charge < -0.3 is 20.3 Å². The minimum Gasteiger partial charge on any atom is -0.481 e. The molecule has 1 heterocycles. The lowest BCUT2D eigenvalue weighted by atomic mass is 10.0. The number of aryl methyl sites for hydroxylation is 1. The number of pyridine rings is 1. The van der Waals surface area contributed by atoms with E-state index in [2.05, 4.69) is 10.6 Å². The van der Waals surface area contributed by atoms with Gasteiger partial charge >= 0.3 is 12.0 Å². The summed E-state index contributed by atoms with van der Waals surface area (Å²) in [7, 11) is 0. The van der Waals surface area contributed by atoms with E-state index in [1.807, 2.05) is 6.92 Å². The second-order valence-electron chi connectivity index (χ2n) is 7.21. The van der Waals surface area contributed by atoms with Gasteiger partial charge in [-0.3, -0.25) is 9.59 Å². The molecule has 0 bridgehead atoms. The Kier molecular flexibility index (Phi) is 6.99. The van der Waals surface area contributed by atoms with Crippen molar-refractivity contribution in [3.05, 3.63) is 99.5 Å². The van der Waals surface area contributed by atoms with Crippen molar-refractivity contribution in [1.29, 1.82) is 0 Å². The van der Waals surface area contributed by atoms with Crippen molar-refractivity contribution in [2.45, 2.75) is 25.9 Å². The number of carboxylic acid groups (broad SMARTS) is 1. The molecular formula is C23H21F2N3O4. The SMILES string of the molecule is Cc1ccc([C@H](CC(=O)O)NC(=O)Nc2cccn(Cc3c(F)cccc3F)c2=O)cc1. The normalized spacial score (nSPS) is 11.6. The number of carbonyl (C=O) groups excluding carboxylic acids is 1. The Morgan fingerprint density at radius 1 is 1.03 bits per heavy atom. The molecule has 0 radical (unpaired) electrons. The maximum absolute atomic E-state index is 13.9. The van der Waals surface area contributed by atoms with Crippen LogP contribution in [-0.2, 0) is 11.3 Å². The van der Waals surface area contributed by atoms with Crippen LogP contribution in [0.3, 0.4) is 0 Å². The molecule has 166 valence electrons. The Hall–Kier alpha value is -4.01. The first-order chi connectivity index (χ1) is 15.2. The van der Waals surface area contributed by atoms with Gasteiger partial charge in [0, 0.05) is 11.8 Å². The topological polar surface area (TPSA) is 100 Å². The van der Waals surface area contributed by atoms with E-state index >= 15 is 0 Å². The number of benzene rings is 2. The molecule has 3 rings (SSSR count). The van der Waals surface area contributed by atoms with Crippen molar-refractivity contribution in [3.63, 3.8) is 0 Å². The van der Waals surface area contributed by atoms with Gasteiger partial charge in [0.1, 0.15) is 17.3 Å². The number of rotatable bonds is 7. The number of carbonyl (C=O) groups is 2. The van der Waals surface area contributed by atoms with Crippen molar-refractivity contribution < 1.29 is 23.5 Å². The number of hydrogen-bond acceptors (Lipinski definition) is 3. The maximum atomic E-state index is 13.9. The lowest BCUT2D eigenvalue weighted by Gasteiger charge is -2.18. The molecule has 3 aromatic rings. The molecule has 7 nitrogen and oxygen atoms in total. The Morgan fingerprint density at radius 3 is 2.31 bits per heavy atom. The lowest BCUT2D eigenvalue weighted by Crippen LogP contribution is -2.36. The average molecular weight is 441 g/mol. The second kappa shape index (κ2) is 9.86. The van der Waals surface area contributed by atoms with Crippen molar-refractivity contribution >= 4 is 17.7 Å². The summed E-state index contributed by atoms with van der Waals surface area (Å²) < 4.78 is 28.9. The van der Waals surface area contributed by atoms with E-state index in [1.54, 1.807) is 24.3 Å². The Balaban J connectivity index is 1.78. The quantitative estimate of drug-likeness (QED) is 0.519. The summed E-state index contributed by atoms with van der Waals surface area (Å²) in [5, 5.41) is 14.1. The van der Waals surface area contributed by atoms with E-state index < -0.39 is 35.2 Å². The molecule has 0 aliphatic carbocycles. The van der Waals surface area contributed by atoms with Crippen LogP contribution in [0.15, 0.2) is 65.6 Å². The highest BCUT2D eigenvalue weighted by atomic mass is 19.1. The van der Waals surface area contributed by atoms with Crippen LogP contribution < -0.4 is 16.2 Å². The van der Waals surface area contributed by atoms with Crippen LogP contribution in [0.25, 0.3) is 0 Å². The van der Waals surface area contributed by atoms with E-state index in [0.717, 1.165) is 22.3 Å². The fourth-order valence-electron chi connectivity index (χ4n) is 3.15. The number of nitrogens with zero attached hydrogens (tertiary/aromatic N) is 1. The summed E-state index contributed by atoms with van der Waals surface area (Å²) in [6.07, 6.45) is 0.985. The van der Waals surface area contributed by atoms with E-state index in [4.69, 9.17) is 0 Å². The molecule has 0 unspecified atom stereocenters. The van der Waals surface area contributed by atoms with Crippen LogP contribution in [0, 0.1) is 18.6 Å². The molecule has 1 aromatic heterocycles. The molecular weight excluding hydrogens is 420 g/mol. The van der Waals surface area contributed by atoms with Crippen LogP contribution in [0.5, 0.6) is 0 Å². The predicted octanol–water partition coefficient (Wildman–Crippen LogP) is 3.82. The molecule has 9 heteroatoms. The minimum atomic E-state index is -1.11. The van der Waals surface area contributed by atoms with Gasteiger partial charge in [0.15, 0.2) is 0 Å². The van der Waals surface area contributed by atoms with E-state index in [1.165, 1.54) is 24.4 Å². The molecule has 0 saturated heterocycles. The fraction of sp³-hybridized carbons (Fsp3) is 0.174. The number of aliphatic carboxylic acids is 1. The standard InChI is InChI=1S/C23H21F2N3O4/c1-14-7-9-15(10-8-14)20(12-21(29)30)27-23(32)26-19-6-3-11-28(22(19)31)13-16-17(24)4-2-5-18(16)25/h2-11,20H,12-13H2,1H3,(H,29,30)(H2,26,27,32)/t20-/m0/s1. The number of anilines is 1. The summed E-state index contributed by atoms with van der Waals surface area (Å²) >= 11 is 0. The van der Waals surface area contributed by atoms with Crippen molar-refractivity contribution in [1.82, 2.24) is 9.88 Å². The summed E-state index contributed by atoms with van der Waals surface area (Å²) in [6, 6.07) is 11.6. The summed E-state index contributed by atoms with van der Waals surface area (Å²) in [6.45, 7) is 1.52. The first-order valence-electron chi connectivity index (χ1n) is 9.73. The maximum Gasteiger partial charge on any atom is 0.319 e. The van der Waals surface area contributed by atoms with Crippen LogP contribution >= 0.6 is 0 Å². The molecule has 0 fully saturated rings. The van der Waals surface area contributed by atoms with Gasteiger partial charge in [0.2, 0.25) is 0 Å². The monoisotopic (exact) mass is 441 g/mol. The third-order valence-corrected chi connectivity index (χ3v) is 4.82. The van der Waals surface area contributed by atoms with Crippen molar-refractivity contribution in [2.75, 3.05) is 5.32 Å². The molecule has 0 saturated carbocycles. The number of nitrogens with one attached hydrogen (secondary N) is 2. The average Bonchev–Trinajstić information content (AvgIpc) is 2.73. The third kappa shape index (κ3) is 5.57. The molecule has 3 N–H and O–H groups in total. The van der Waals surface area contributed by atoms with Gasteiger partial charge in [-0.2, -0.15) is 0 Å². The number of urea groups is 1. The number of halogens is 2. The minimum absolute atomic E-state index is 0.125. The molecule has 2 amide bonds. The zero-order valence-corrected chi connectivity index (χ0v) is 17.1. The highest BCUT2D eigenvalue weighted by Gasteiger charge is 2.19. The first-order valence-corrected chi connectivity index (χ1v) is 9.73. The highest BCUT2D eigenvalue weighted by Crippen LogP contribution is 2.18. The Bertz CT molecular complexity index is 1170. The predicted molar refractivity (Wildman–Crippen MR) is 114 cm³/mol. The van der Waals surface area contributed by atoms with Gasteiger partial charge in [-0.25, -0.2) is 13.6 Å². The highest BCUT2D eigenvalue weighted by molar-refractivity contribution is 5.89. The number of amides is 2. The van der Waals surface area contributed by atoms with E-state index in [9.17, 15) is 28.3 Å². The smallest absolute Gasteiger partial charge is 0.319 e. The molecule has 0 aliphatic heterocycles. The molecule has 2 aromatic carbocycles. The molecule has 1 atom stereocenters. The zero-order valence-electron chi connectivity index (χ0n) is 17.1. The van der Waals surface area contributed by atoms with Crippen LogP contribution in [0.4, 0.5) is 19.3 Å². The van der Waals surface area contributed by atoms with E-state index in [0.29, 0.717) is 5.56 Å². The van der Waals surface area contributed by atoms with Gasteiger partial charge in [0.25, 0.3) is 5.56 Å². The van der Waals surface area contributed by atoms with Gasteiger partial charge in [-0.15, -0.1) is 0 Å². The van der Waals surface area contributed by atoms with Gasteiger partial charge in [-0.1, -0.05) is 35.9 Å². The number of hydrogen-bond donors (Lipinski definition) is 3. The Labute approximate surface area is 182 Å². The van der Waals surface area contributed by atoms with Gasteiger partial charge in [-0.05, 0) is 36.8 Å². The van der Waals surface area contributed by atoms with Crippen molar-refractivity contribution in [2.24, 2.45) is 0 Å².